The lowest BCUT2D eigenvalue weighted by atomic mass is 10.2. The largest absolute Gasteiger partial charge is 0.298 e. The molecule has 0 aliphatic heterocycles. The fraction of sp³-hybridized carbons (Fsp3) is 0.462. The first kappa shape index (κ1) is 13.1. The number of ketones is 1. The van der Waals surface area contributed by atoms with Crippen LogP contribution in [0.25, 0.3) is 0 Å². The van der Waals surface area contributed by atoms with Crippen LogP contribution in [-0.2, 0) is 15.6 Å². The van der Waals surface area contributed by atoms with Crippen molar-refractivity contribution in [3.8, 4) is 0 Å². The second-order valence-electron chi connectivity index (χ2n) is 3.97. The van der Waals surface area contributed by atoms with Crippen molar-refractivity contribution in [3.63, 3.8) is 0 Å². The first-order chi connectivity index (χ1) is 7.56. The standard InChI is InChI=1S/C13H18O2S/c1-4-5-13(14)11(3)16(15)12-8-6-10(2)7-9-12/h6-9,11H,4-5H2,1-3H3/t11-,16?/m1/s1. The zero-order valence-electron chi connectivity index (χ0n) is 10.0. The molecule has 0 amide bonds. The van der Waals surface area contributed by atoms with E-state index >= 15 is 0 Å². The summed E-state index contributed by atoms with van der Waals surface area (Å²) in [5, 5.41) is -0.400. The highest BCUT2D eigenvalue weighted by atomic mass is 32.2. The van der Waals surface area contributed by atoms with E-state index < -0.39 is 16.0 Å². The van der Waals surface area contributed by atoms with Crippen LogP contribution in [0.3, 0.4) is 0 Å². The molecule has 0 fully saturated rings. The number of rotatable bonds is 5. The molecule has 0 heterocycles. The lowest BCUT2D eigenvalue weighted by Gasteiger charge is -2.10. The minimum Gasteiger partial charge on any atom is -0.298 e. The van der Waals surface area contributed by atoms with Gasteiger partial charge in [-0.2, -0.15) is 0 Å². The van der Waals surface area contributed by atoms with E-state index in [0.29, 0.717) is 6.42 Å². The summed E-state index contributed by atoms with van der Waals surface area (Å²) in [6.07, 6.45) is 1.33. The van der Waals surface area contributed by atoms with E-state index in [-0.39, 0.29) is 5.78 Å². The van der Waals surface area contributed by atoms with Gasteiger partial charge < -0.3 is 0 Å². The molecule has 0 N–H and O–H groups in total. The molecular weight excluding hydrogens is 220 g/mol. The first-order valence-electron chi connectivity index (χ1n) is 5.56. The quantitative estimate of drug-likeness (QED) is 0.790. The van der Waals surface area contributed by atoms with E-state index in [1.807, 2.05) is 38.1 Å². The third kappa shape index (κ3) is 3.27. The average Bonchev–Trinajstić information content (AvgIpc) is 2.28. The van der Waals surface area contributed by atoms with E-state index in [0.717, 1.165) is 16.9 Å². The molecule has 1 unspecified atom stereocenters. The molecule has 2 nitrogen and oxygen atoms in total. The van der Waals surface area contributed by atoms with Crippen molar-refractivity contribution in [1.82, 2.24) is 0 Å². The van der Waals surface area contributed by atoms with Crippen molar-refractivity contribution in [2.24, 2.45) is 0 Å². The number of benzene rings is 1. The van der Waals surface area contributed by atoms with Crippen molar-refractivity contribution >= 4 is 16.6 Å². The van der Waals surface area contributed by atoms with Crippen LogP contribution in [0.1, 0.15) is 32.3 Å². The Hall–Kier alpha value is -0.960. The van der Waals surface area contributed by atoms with Crippen LogP contribution in [0, 0.1) is 6.92 Å². The Morgan fingerprint density at radius 3 is 2.38 bits per heavy atom. The molecular formula is C13H18O2S. The van der Waals surface area contributed by atoms with Gasteiger partial charge in [0.1, 0.15) is 5.78 Å². The Morgan fingerprint density at radius 1 is 1.31 bits per heavy atom. The Labute approximate surface area is 99.5 Å². The lowest BCUT2D eigenvalue weighted by molar-refractivity contribution is -0.118. The Kier molecular flexibility index (Phi) is 4.87. The summed E-state index contributed by atoms with van der Waals surface area (Å²) >= 11 is 0. The summed E-state index contributed by atoms with van der Waals surface area (Å²) in [7, 11) is -1.22. The van der Waals surface area contributed by atoms with Crippen LogP contribution < -0.4 is 0 Å². The minimum absolute atomic E-state index is 0.0846. The maximum atomic E-state index is 12.1. The van der Waals surface area contributed by atoms with E-state index in [2.05, 4.69) is 0 Å². The predicted molar refractivity (Wildman–Crippen MR) is 67.0 cm³/mol. The molecule has 0 spiro atoms. The SMILES string of the molecule is CCCC(=O)[C@@H](C)S(=O)c1ccc(C)cc1. The van der Waals surface area contributed by atoms with Gasteiger partial charge in [-0.1, -0.05) is 24.6 Å². The highest BCUT2D eigenvalue weighted by Gasteiger charge is 2.20. The molecule has 88 valence electrons. The molecule has 0 bridgehead atoms. The average molecular weight is 238 g/mol. The van der Waals surface area contributed by atoms with Gasteiger partial charge in [0, 0.05) is 11.3 Å². The summed E-state index contributed by atoms with van der Waals surface area (Å²) in [6, 6.07) is 7.51. The molecule has 0 saturated heterocycles. The van der Waals surface area contributed by atoms with Gasteiger partial charge in [0.2, 0.25) is 0 Å². The van der Waals surface area contributed by atoms with Crippen LogP contribution >= 0.6 is 0 Å². The van der Waals surface area contributed by atoms with E-state index in [1.54, 1.807) is 6.92 Å². The van der Waals surface area contributed by atoms with Crippen LogP contribution in [0.15, 0.2) is 29.2 Å². The predicted octanol–water partition coefficient (Wildman–Crippen LogP) is 2.86. The minimum atomic E-state index is -1.22. The normalized spacial score (nSPS) is 14.4. The Morgan fingerprint density at radius 2 is 1.88 bits per heavy atom. The molecule has 1 aromatic rings. The maximum absolute atomic E-state index is 12.1. The van der Waals surface area contributed by atoms with Crippen LogP contribution in [-0.4, -0.2) is 15.2 Å². The zero-order valence-corrected chi connectivity index (χ0v) is 10.8. The van der Waals surface area contributed by atoms with E-state index in [4.69, 9.17) is 0 Å². The van der Waals surface area contributed by atoms with Gasteiger partial charge in [-0.3, -0.25) is 9.00 Å². The molecule has 3 heteroatoms. The first-order valence-corrected chi connectivity index (χ1v) is 6.77. The van der Waals surface area contributed by atoms with Gasteiger partial charge in [-0.25, -0.2) is 0 Å². The zero-order chi connectivity index (χ0) is 12.1. The molecule has 0 saturated carbocycles. The third-order valence-electron chi connectivity index (χ3n) is 2.52. The van der Waals surface area contributed by atoms with Crippen molar-refractivity contribution in [2.75, 3.05) is 0 Å². The molecule has 2 atom stereocenters. The fourth-order valence-electron chi connectivity index (χ4n) is 1.45. The second kappa shape index (κ2) is 5.94. The van der Waals surface area contributed by atoms with Crippen LogP contribution in [0.5, 0.6) is 0 Å². The van der Waals surface area contributed by atoms with E-state index in [9.17, 15) is 9.00 Å². The molecule has 0 aliphatic rings. The highest BCUT2D eigenvalue weighted by molar-refractivity contribution is 7.86. The van der Waals surface area contributed by atoms with Crippen molar-refractivity contribution in [2.45, 2.75) is 43.8 Å². The van der Waals surface area contributed by atoms with Gasteiger partial charge >= 0.3 is 0 Å². The molecule has 0 aromatic heterocycles. The highest BCUT2D eigenvalue weighted by Crippen LogP contribution is 2.14. The fourth-order valence-corrected chi connectivity index (χ4v) is 2.61. The summed E-state index contributed by atoms with van der Waals surface area (Å²) < 4.78 is 12.1. The number of carbonyl (C=O) groups is 1. The smallest absolute Gasteiger partial charge is 0.148 e. The van der Waals surface area contributed by atoms with Gasteiger partial charge in [-0.05, 0) is 32.4 Å². The Balaban J connectivity index is 2.78. The molecule has 16 heavy (non-hydrogen) atoms. The number of carbonyl (C=O) groups excluding carboxylic acids is 1. The van der Waals surface area contributed by atoms with Crippen LogP contribution in [0.4, 0.5) is 0 Å². The topological polar surface area (TPSA) is 34.1 Å². The van der Waals surface area contributed by atoms with Gasteiger partial charge in [-0.15, -0.1) is 0 Å². The number of hydrogen-bond acceptors (Lipinski definition) is 2. The van der Waals surface area contributed by atoms with Gasteiger partial charge in [0.05, 0.1) is 16.0 Å². The Bertz CT molecular complexity index is 381. The lowest BCUT2D eigenvalue weighted by Crippen LogP contribution is -2.22. The van der Waals surface area contributed by atoms with E-state index in [1.165, 1.54) is 0 Å². The molecule has 0 aliphatic carbocycles. The maximum Gasteiger partial charge on any atom is 0.148 e. The van der Waals surface area contributed by atoms with Crippen molar-refractivity contribution in [1.29, 1.82) is 0 Å². The molecule has 0 radical (unpaired) electrons. The summed E-state index contributed by atoms with van der Waals surface area (Å²) in [6.45, 7) is 5.69. The van der Waals surface area contributed by atoms with Crippen molar-refractivity contribution in [3.05, 3.63) is 29.8 Å². The number of aryl methyl sites for hydroxylation is 1. The summed E-state index contributed by atoms with van der Waals surface area (Å²) in [5.74, 6) is 0.0846. The molecule has 1 aromatic carbocycles. The second-order valence-corrected chi connectivity index (χ2v) is 5.74. The molecule has 1 rings (SSSR count). The number of Topliss-reactive ketones (excluding diaryl/α,β-unsaturated/α-hetero) is 1. The monoisotopic (exact) mass is 238 g/mol. The van der Waals surface area contributed by atoms with Gasteiger partial charge in [0.15, 0.2) is 0 Å². The van der Waals surface area contributed by atoms with Gasteiger partial charge in [0.25, 0.3) is 0 Å². The summed E-state index contributed by atoms with van der Waals surface area (Å²) in [5.41, 5.74) is 1.13. The third-order valence-corrected chi connectivity index (χ3v) is 4.17. The van der Waals surface area contributed by atoms with Crippen molar-refractivity contribution < 1.29 is 9.00 Å². The summed E-state index contributed by atoms with van der Waals surface area (Å²) in [4.78, 5) is 12.4. The number of hydrogen-bond donors (Lipinski definition) is 0. The van der Waals surface area contributed by atoms with Crippen LogP contribution in [0.2, 0.25) is 0 Å².